The van der Waals surface area contributed by atoms with Gasteiger partial charge in [-0.1, -0.05) is 0 Å². The van der Waals surface area contributed by atoms with Gasteiger partial charge in [0.25, 0.3) is 0 Å². The summed E-state index contributed by atoms with van der Waals surface area (Å²) in [4.78, 5) is 13.3. The third-order valence-corrected chi connectivity index (χ3v) is 5.01. The maximum Gasteiger partial charge on any atom is 0.234 e. The molecule has 7 heteroatoms. The highest BCUT2D eigenvalue weighted by Gasteiger charge is 2.38. The van der Waals surface area contributed by atoms with Gasteiger partial charge >= 0.3 is 0 Å². The number of nitrogens with zero attached hydrogens (tertiary/aromatic N) is 1. The van der Waals surface area contributed by atoms with Crippen LogP contribution in [-0.2, 0) is 14.6 Å². The number of hydrogen-bond acceptors (Lipinski definition) is 5. The van der Waals surface area contributed by atoms with Crippen LogP contribution in [0.1, 0.15) is 12.8 Å². The van der Waals surface area contributed by atoms with Crippen LogP contribution in [0.25, 0.3) is 0 Å². The van der Waals surface area contributed by atoms with Gasteiger partial charge in [0.2, 0.25) is 5.91 Å². The van der Waals surface area contributed by atoms with Crippen molar-refractivity contribution in [3.63, 3.8) is 0 Å². The molecule has 2 rings (SSSR count). The maximum absolute atomic E-state index is 11.6. The number of likely N-dealkylation sites (N-methyl/N-ethyl adjacent to an activating group) is 1. The van der Waals surface area contributed by atoms with Crippen molar-refractivity contribution in [2.45, 2.75) is 31.0 Å². The fraction of sp³-hybridized carbons (Fsp3) is 0.900. The Morgan fingerprint density at radius 1 is 1.41 bits per heavy atom. The van der Waals surface area contributed by atoms with Gasteiger partial charge in [-0.25, -0.2) is 8.42 Å². The summed E-state index contributed by atoms with van der Waals surface area (Å²) in [6.07, 6.45) is 2.10. The van der Waals surface area contributed by atoms with Crippen molar-refractivity contribution in [1.82, 2.24) is 10.2 Å². The normalized spacial score (nSPS) is 31.7. The molecule has 0 spiro atoms. The Morgan fingerprint density at radius 2 is 2.06 bits per heavy atom. The van der Waals surface area contributed by atoms with E-state index in [0.29, 0.717) is 6.04 Å². The average molecular weight is 261 g/mol. The lowest BCUT2D eigenvalue weighted by molar-refractivity contribution is -0.122. The molecule has 6 nitrogen and oxygen atoms in total. The molecule has 1 aliphatic carbocycles. The molecular weight excluding hydrogens is 242 g/mol. The van der Waals surface area contributed by atoms with Crippen LogP contribution in [0.5, 0.6) is 0 Å². The minimum atomic E-state index is -3.03. The van der Waals surface area contributed by atoms with Crippen LogP contribution >= 0.6 is 0 Å². The van der Waals surface area contributed by atoms with Crippen molar-refractivity contribution in [1.29, 1.82) is 0 Å². The minimum Gasteiger partial charge on any atom is -0.352 e. The van der Waals surface area contributed by atoms with E-state index in [-0.39, 0.29) is 30.0 Å². The molecule has 2 fully saturated rings. The van der Waals surface area contributed by atoms with Crippen LogP contribution < -0.4 is 11.1 Å². The number of nitrogens with two attached hydrogens (primary N) is 1. The molecule has 0 radical (unpaired) electrons. The van der Waals surface area contributed by atoms with Gasteiger partial charge in [-0.2, -0.15) is 0 Å². The van der Waals surface area contributed by atoms with E-state index < -0.39 is 15.9 Å². The van der Waals surface area contributed by atoms with E-state index in [1.165, 1.54) is 0 Å². The lowest BCUT2D eigenvalue weighted by atomic mass is 10.1. The first-order valence-corrected chi connectivity index (χ1v) is 7.65. The molecule has 1 amide bonds. The molecule has 2 unspecified atom stereocenters. The van der Waals surface area contributed by atoms with Gasteiger partial charge in [0.05, 0.1) is 18.1 Å². The Kier molecular flexibility index (Phi) is 3.42. The highest BCUT2D eigenvalue weighted by atomic mass is 32.2. The Morgan fingerprint density at radius 3 is 2.53 bits per heavy atom. The fourth-order valence-corrected chi connectivity index (χ4v) is 4.12. The molecular formula is C10H19N3O3S. The van der Waals surface area contributed by atoms with Crippen LogP contribution in [0.3, 0.4) is 0 Å². The number of amides is 1. The van der Waals surface area contributed by atoms with Crippen molar-refractivity contribution in [2.24, 2.45) is 5.73 Å². The van der Waals surface area contributed by atoms with Crippen LogP contribution in [0.4, 0.5) is 0 Å². The minimum absolute atomic E-state index is 0.0201. The van der Waals surface area contributed by atoms with Crippen LogP contribution in [0.15, 0.2) is 0 Å². The number of rotatable bonds is 4. The Hall–Kier alpha value is -0.660. The van der Waals surface area contributed by atoms with Gasteiger partial charge in [-0.15, -0.1) is 0 Å². The van der Waals surface area contributed by atoms with Gasteiger partial charge in [0.15, 0.2) is 9.84 Å². The molecule has 98 valence electrons. The lowest BCUT2D eigenvalue weighted by Gasteiger charge is -2.25. The van der Waals surface area contributed by atoms with Crippen LogP contribution in [0, 0.1) is 0 Å². The topological polar surface area (TPSA) is 92.5 Å². The van der Waals surface area contributed by atoms with Gasteiger partial charge in [-0.3, -0.25) is 9.69 Å². The molecule has 0 aromatic heterocycles. The Balaban J connectivity index is 1.86. The molecule has 17 heavy (non-hydrogen) atoms. The summed E-state index contributed by atoms with van der Waals surface area (Å²) in [7, 11) is -1.29. The summed E-state index contributed by atoms with van der Waals surface area (Å²) < 4.78 is 22.8. The van der Waals surface area contributed by atoms with E-state index in [1.807, 2.05) is 0 Å². The zero-order valence-electron chi connectivity index (χ0n) is 9.93. The molecule has 2 aliphatic rings. The monoisotopic (exact) mass is 261 g/mol. The third-order valence-electron chi connectivity index (χ3n) is 3.27. The van der Waals surface area contributed by atoms with E-state index in [2.05, 4.69) is 5.32 Å². The number of carbonyl (C=O) groups is 1. The van der Waals surface area contributed by atoms with Crippen molar-refractivity contribution in [2.75, 3.05) is 25.1 Å². The van der Waals surface area contributed by atoms with Gasteiger partial charge in [0, 0.05) is 18.1 Å². The summed E-state index contributed by atoms with van der Waals surface area (Å²) in [5.41, 5.74) is 5.79. The second kappa shape index (κ2) is 4.55. The number of hydrogen-bond donors (Lipinski definition) is 2. The average Bonchev–Trinajstić information content (AvgIpc) is 2.91. The van der Waals surface area contributed by atoms with E-state index in [9.17, 15) is 13.2 Å². The van der Waals surface area contributed by atoms with Crippen molar-refractivity contribution in [3.05, 3.63) is 0 Å². The van der Waals surface area contributed by atoms with Gasteiger partial charge in [-0.05, 0) is 19.9 Å². The largest absolute Gasteiger partial charge is 0.352 e. The van der Waals surface area contributed by atoms with Crippen molar-refractivity contribution < 1.29 is 13.2 Å². The molecule has 3 N–H and O–H groups in total. The molecule has 1 aliphatic heterocycles. The number of carbonyl (C=O) groups excluding carboxylic acids is 1. The zero-order valence-corrected chi connectivity index (χ0v) is 10.7. The predicted octanol–water partition coefficient (Wildman–Crippen LogP) is -1.68. The molecule has 1 saturated carbocycles. The second-order valence-electron chi connectivity index (χ2n) is 5.07. The molecule has 2 atom stereocenters. The summed E-state index contributed by atoms with van der Waals surface area (Å²) in [5, 5.41) is 2.87. The quantitative estimate of drug-likeness (QED) is 0.630. The highest BCUT2D eigenvalue weighted by Crippen LogP contribution is 2.19. The third kappa shape index (κ3) is 3.40. The van der Waals surface area contributed by atoms with Crippen LogP contribution in [0.2, 0.25) is 0 Å². The Bertz CT molecular complexity index is 405. The highest BCUT2D eigenvalue weighted by molar-refractivity contribution is 7.91. The molecule has 0 aromatic carbocycles. The van der Waals surface area contributed by atoms with Gasteiger partial charge in [0.1, 0.15) is 0 Å². The smallest absolute Gasteiger partial charge is 0.234 e. The van der Waals surface area contributed by atoms with E-state index >= 15 is 0 Å². The first-order chi connectivity index (χ1) is 7.87. The van der Waals surface area contributed by atoms with E-state index in [4.69, 9.17) is 5.73 Å². The first kappa shape index (κ1) is 12.8. The van der Waals surface area contributed by atoms with Crippen molar-refractivity contribution >= 4 is 15.7 Å². The number of sulfone groups is 1. The summed E-state index contributed by atoms with van der Waals surface area (Å²) in [6.45, 7) is 0.213. The molecule has 0 bridgehead atoms. The fourth-order valence-electron chi connectivity index (χ4n) is 2.15. The van der Waals surface area contributed by atoms with Crippen LogP contribution in [-0.4, -0.2) is 62.4 Å². The second-order valence-corrected chi connectivity index (χ2v) is 7.22. The first-order valence-electron chi connectivity index (χ1n) is 5.83. The molecule has 1 saturated heterocycles. The van der Waals surface area contributed by atoms with E-state index in [0.717, 1.165) is 12.8 Å². The SMILES string of the molecule is CN(CC(=O)NC1CC1)C1CS(=O)(=O)CC1N. The summed E-state index contributed by atoms with van der Waals surface area (Å²) in [5.74, 6) is 0.0275. The van der Waals surface area contributed by atoms with E-state index in [1.54, 1.807) is 11.9 Å². The van der Waals surface area contributed by atoms with Gasteiger partial charge < -0.3 is 11.1 Å². The lowest BCUT2D eigenvalue weighted by Crippen LogP contribution is -2.48. The summed E-state index contributed by atoms with van der Waals surface area (Å²) in [6, 6.07) is -0.305. The zero-order chi connectivity index (χ0) is 12.6. The standard InChI is InChI=1S/C10H19N3O3S/c1-13(4-10(14)12-7-2-3-7)9-6-17(15,16)5-8(9)11/h7-9H,2-6,11H2,1H3,(H,12,14). The maximum atomic E-state index is 11.6. The van der Waals surface area contributed by atoms with Crippen molar-refractivity contribution in [3.8, 4) is 0 Å². The number of nitrogens with one attached hydrogen (secondary N) is 1. The molecule has 1 heterocycles. The molecule has 0 aromatic rings. The summed E-state index contributed by atoms with van der Waals surface area (Å²) >= 11 is 0. The Labute approximate surface area is 101 Å². The predicted molar refractivity (Wildman–Crippen MR) is 64.2 cm³/mol.